The summed E-state index contributed by atoms with van der Waals surface area (Å²) in [5.74, 6) is -0.901. The molecule has 1 aromatic heterocycles. The zero-order valence-electron chi connectivity index (χ0n) is 24.8. The fourth-order valence-corrected chi connectivity index (χ4v) is 5.10. The van der Waals surface area contributed by atoms with E-state index < -0.39 is 17.6 Å². The van der Waals surface area contributed by atoms with Crippen LogP contribution in [-0.2, 0) is 15.7 Å². The predicted octanol–water partition coefficient (Wildman–Crippen LogP) is 3.88. The highest BCUT2D eigenvalue weighted by Gasteiger charge is 2.31. The van der Waals surface area contributed by atoms with Gasteiger partial charge in [0.25, 0.3) is 5.91 Å². The van der Waals surface area contributed by atoms with E-state index in [1.165, 1.54) is 17.8 Å². The number of ether oxygens (including phenoxy) is 1. The first kappa shape index (κ1) is 34.3. The van der Waals surface area contributed by atoms with Gasteiger partial charge in [0, 0.05) is 44.0 Å². The number of pyridine rings is 1. The Kier molecular flexibility index (Phi) is 14.2. The molecule has 1 saturated carbocycles. The zero-order chi connectivity index (χ0) is 31.1. The highest BCUT2D eigenvalue weighted by Crippen LogP contribution is 2.29. The lowest BCUT2D eigenvalue weighted by Crippen LogP contribution is -2.38. The number of amides is 2. The number of benzene rings is 1. The van der Waals surface area contributed by atoms with Gasteiger partial charge in [-0.3, -0.25) is 14.6 Å². The van der Waals surface area contributed by atoms with Crippen molar-refractivity contribution < 1.29 is 32.6 Å². The standard InChI is InChI=1S/C14H15F3N2O2.C9H12N2O.C8H17NO/c15-14(16,17)11-5-3-4-10(8-11)13(21)18-9-12(20)19-6-1-2-7-19;1-2-9(8-10-3-1)11-4-6-12-7-5-11;1-2-9-7-3-5-8(10)6-4-7/h3-5,8H,1-2,6-7,9H2,(H,18,21);1-3,8H,4-7H2;7-10H,2-6H2,1H3. The number of anilines is 1. The molecule has 9 nitrogen and oxygen atoms in total. The minimum absolute atomic E-state index is 0.0186. The van der Waals surface area contributed by atoms with Crippen LogP contribution >= 0.6 is 0 Å². The number of nitrogens with zero attached hydrogens (tertiary/aromatic N) is 3. The lowest BCUT2D eigenvalue weighted by Gasteiger charge is -2.28. The molecule has 0 spiro atoms. The van der Waals surface area contributed by atoms with Gasteiger partial charge in [-0.25, -0.2) is 0 Å². The summed E-state index contributed by atoms with van der Waals surface area (Å²) in [5.41, 5.74) is 0.195. The van der Waals surface area contributed by atoms with E-state index in [9.17, 15) is 22.8 Å². The van der Waals surface area contributed by atoms with Crippen molar-refractivity contribution >= 4 is 17.5 Å². The van der Waals surface area contributed by atoms with Crippen LogP contribution < -0.4 is 15.5 Å². The quantitative estimate of drug-likeness (QED) is 0.458. The van der Waals surface area contributed by atoms with Crippen LogP contribution in [0.5, 0.6) is 0 Å². The Hall–Kier alpha value is -3.22. The van der Waals surface area contributed by atoms with Crippen LogP contribution in [0.1, 0.15) is 61.4 Å². The van der Waals surface area contributed by atoms with E-state index in [1.807, 2.05) is 12.3 Å². The molecule has 2 saturated heterocycles. The Morgan fingerprint density at radius 1 is 1.02 bits per heavy atom. The molecule has 0 atom stereocenters. The fraction of sp³-hybridized carbons (Fsp3) is 0.581. The van der Waals surface area contributed by atoms with Crippen molar-refractivity contribution in [3.05, 3.63) is 59.9 Å². The number of halogens is 3. The van der Waals surface area contributed by atoms with Crippen LogP contribution in [0.25, 0.3) is 0 Å². The second kappa shape index (κ2) is 17.8. The number of nitrogens with one attached hydrogen (secondary N) is 2. The maximum absolute atomic E-state index is 12.6. The third-order valence-corrected chi connectivity index (χ3v) is 7.52. The number of aliphatic hydroxyl groups is 1. The number of aromatic nitrogens is 1. The largest absolute Gasteiger partial charge is 0.416 e. The van der Waals surface area contributed by atoms with Crippen LogP contribution in [0.15, 0.2) is 48.8 Å². The van der Waals surface area contributed by atoms with Crippen molar-refractivity contribution in [2.24, 2.45) is 0 Å². The van der Waals surface area contributed by atoms with E-state index >= 15 is 0 Å². The molecule has 3 aliphatic rings. The highest BCUT2D eigenvalue weighted by molar-refractivity contribution is 5.96. The number of likely N-dealkylation sites (tertiary alicyclic amines) is 1. The van der Waals surface area contributed by atoms with E-state index in [-0.39, 0.29) is 24.1 Å². The van der Waals surface area contributed by atoms with Crippen LogP contribution in [0.2, 0.25) is 0 Å². The molecule has 0 radical (unpaired) electrons. The van der Waals surface area contributed by atoms with Crippen molar-refractivity contribution in [3.8, 4) is 0 Å². The molecule has 43 heavy (non-hydrogen) atoms. The number of morpholine rings is 1. The molecule has 12 heteroatoms. The highest BCUT2D eigenvalue weighted by atomic mass is 19.4. The van der Waals surface area contributed by atoms with Gasteiger partial charge in [0.05, 0.1) is 43.3 Å². The average Bonchev–Trinajstić information content (AvgIpc) is 3.58. The zero-order valence-corrected chi connectivity index (χ0v) is 24.8. The van der Waals surface area contributed by atoms with Gasteiger partial charge < -0.3 is 30.3 Å². The Balaban J connectivity index is 0.000000194. The van der Waals surface area contributed by atoms with E-state index in [0.717, 1.165) is 83.5 Å². The molecule has 2 aliphatic heterocycles. The van der Waals surface area contributed by atoms with Gasteiger partial charge in [-0.1, -0.05) is 13.0 Å². The minimum Gasteiger partial charge on any atom is -0.393 e. The molecule has 3 N–H and O–H groups in total. The molecule has 2 aromatic rings. The summed E-state index contributed by atoms with van der Waals surface area (Å²) < 4.78 is 42.9. The molecule has 0 unspecified atom stereocenters. The number of alkyl halides is 3. The fourth-order valence-electron chi connectivity index (χ4n) is 5.10. The lowest BCUT2D eigenvalue weighted by atomic mass is 9.93. The van der Waals surface area contributed by atoms with Crippen molar-refractivity contribution in [2.45, 2.75) is 63.8 Å². The molecule has 3 fully saturated rings. The van der Waals surface area contributed by atoms with E-state index in [4.69, 9.17) is 9.84 Å². The summed E-state index contributed by atoms with van der Waals surface area (Å²) >= 11 is 0. The molecule has 1 aliphatic carbocycles. The first-order valence-electron chi connectivity index (χ1n) is 15.0. The smallest absolute Gasteiger partial charge is 0.393 e. The normalized spacial score (nSPS) is 20.3. The third kappa shape index (κ3) is 12.1. The molecule has 238 valence electrons. The molecular weight excluding hydrogens is 563 g/mol. The van der Waals surface area contributed by atoms with Gasteiger partial charge in [-0.2, -0.15) is 13.2 Å². The first-order valence-corrected chi connectivity index (χ1v) is 15.0. The number of hydrogen-bond acceptors (Lipinski definition) is 7. The van der Waals surface area contributed by atoms with Gasteiger partial charge >= 0.3 is 6.18 Å². The second-order valence-corrected chi connectivity index (χ2v) is 10.7. The lowest BCUT2D eigenvalue weighted by molar-refractivity contribution is -0.137. The molecule has 3 heterocycles. The summed E-state index contributed by atoms with van der Waals surface area (Å²) in [5, 5.41) is 14.9. The van der Waals surface area contributed by atoms with Gasteiger partial charge in [0.15, 0.2) is 0 Å². The maximum atomic E-state index is 12.6. The Labute approximate surface area is 251 Å². The van der Waals surface area contributed by atoms with E-state index in [2.05, 4.69) is 33.5 Å². The topological polar surface area (TPSA) is 107 Å². The third-order valence-electron chi connectivity index (χ3n) is 7.52. The van der Waals surface area contributed by atoms with Crippen molar-refractivity contribution in [1.82, 2.24) is 20.5 Å². The average molecular weight is 608 g/mol. The summed E-state index contributed by atoms with van der Waals surface area (Å²) in [6, 6.07) is 8.84. The van der Waals surface area contributed by atoms with E-state index in [0.29, 0.717) is 19.1 Å². The van der Waals surface area contributed by atoms with Gasteiger partial charge in [0.1, 0.15) is 0 Å². The molecule has 5 rings (SSSR count). The molecule has 2 amide bonds. The Morgan fingerprint density at radius 3 is 2.33 bits per heavy atom. The van der Waals surface area contributed by atoms with Crippen molar-refractivity contribution in [3.63, 3.8) is 0 Å². The van der Waals surface area contributed by atoms with Crippen LogP contribution in [0, 0.1) is 0 Å². The number of hydrogen-bond donors (Lipinski definition) is 3. The van der Waals surface area contributed by atoms with Gasteiger partial charge in [0.2, 0.25) is 5.91 Å². The summed E-state index contributed by atoms with van der Waals surface area (Å²) in [6.45, 7) is 7.93. The van der Waals surface area contributed by atoms with Crippen molar-refractivity contribution in [2.75, 3.05) is 57.4 Å². The summed E-state index contributed by atoms with van der Waals surface area (Å²) in [6.07, 6.45) is 5.31. The molecular formula is C31H44F3N5O4. The molecule has 0 bridgehead atoms. The number of rotatable bonds is 6. The van der Waals surface area contributed by atoms with E-state index in [1.54, 1.807) is 11.1 Å². The first-order chi connectivity index (χ1) is 20.7. The van der Waals surface area contributed by atoms with Gasteiger partial charge in [-0.05, 0) is 75.4 Å². The monoisotopic (exact) mass is 607 g/mol. The van der Waals surface area contributed by atoms with Crippen LogP contribution in [0.3, 0.4) is 0 Å². The Morgan fingerprint density at radius 2 is 1.72 bits per heavy atom. The maximum Gasteiger partial charge on any atom is 0.416 e. The van der Waals surface area contributed by atoms with Gasteiger partial charge in [-0.15, -0.1) is 0 Å². The van der Waals surface area contributed by atoms with Crippen molar-refractivity contribution in [1.29, 1.82) is 0 Å². The number of aliphatic hydroxyl groups excluding tert-OH is 1. The molecule has 1 aromatic carbocycles. The summed E-state index contributed by atoms with van der Waals surface area (Å²) in [4.78, 5) is 31.5. The second-order valence-electron chi connectivity index (χ2n) is 10.7. The van der Waals surface area contributed by atoms with Crippen LogP contribution in [0.4, 0.5) is 18.9 Å². The summed E-state index contributed by atoms with van der Waals surface area (Å²) in [7, 11) is 0. The number of carbonyl (C=O) groups is 2. The van der Waals surface area contributed by atoms with Crippen LogP contribution in [-0.4, -0.2) is 91.4 Å². The minimum atomic E-state index is -4.50. The SMILES string of the molecule is CCNC1CCC(O)CC1.O=C(NCC(=O)N1CCCC1)c1cccc(C(F)(F)F)c1.c1cncc(N2CCOCC2)c1. The Bertz CT molecular complexity index is 1100. The predicted molar refractivity (Wildman–Crippen MR) is 159 cm³/mol. The number of carbonyl (C=O) groups excluding carboxylic acids is 2.